The number of carbonyl (C=O) groups excluding carboxylic acids is 2. The van der Waals surface area contributed by atoms with Gasteiger partial charge in [0.15, 0.2) is 6.61 Å². The molecule has 0 aliphatic heterocycles. The third-order valence-electron chi connectivity index (χ3n) is 6.15. The van der Waals surface area contributed by atoms with Crippen molar-refractivity contribution >= 4 is 35.0 Å². The predicted octanol–water partition coefficient (Wildman–Crippen LogP) is 5.80. The van der Waals surface area contributed by atoms with Crippen LogP contribution in [-0.4, -0.2) is 35.4 Å². The molecular formula is C26H32Cl2N2O3. The van der Waals surface area contributed by atoms with Gasteiger partial charge >= 0.3 is 0 Å². The molecule has 178 valence electrons. The van der Waals surface area contributed by atoms with Gasteiger partial charge in [0.05, 0.1) is 10.0 Å². The van der Waals surface area contributed by atoms with Gasteiger partial charge in [-0.2, -0.15) is 0 Å². The molecule has 5 nitrogen and oxygen atoms in total. The monoisotopic (exact) mass is 490 g/mol. The van der Waals surface area contributed by atoms with Crippen molar-refractivity contribution in [2.24, 2.45) is 0 Å². The van der Waals surface area contributed by atoms with E-state index in [1.54, 1.807) is 19.1 Å². The second-order valence-corrected chi connectivity index (χ2v) is 9.39. The predicted molar refractivity (Wildman–Crippen MR) is 133 cm³/mol. The highest BCUT2D eigenvalue weighted by Gasteiger charge is 2.28. The lowest BCUT2D eigenvalue weighted by atomic mass is 9.95. The van der Waals surface area contributed by atoms with Crippen LogP contribution in [0.1, 0.15) is 57.1 Å². The standard InChI is InChI=1S/C26H32Cl2N2O3/c1-3-19-9-12-22(13-10-19)33-17-25(31)30(16-20-11-14-23(27)24(28)15-20)18(2)26(32)29-21-7-5-4-6-8-21/h9-15,18,21H,3-8,16-17H2,1-2H3,(H,29,32). The fourth-order valence-corrected chi connectivity index (χ4v) is 4.36. The molecule has 1 N–H and O–H groups in total. The van der Waals surface area contributed by atoms with E-state index in [0.29, 0.717) is 15.8 Å². The van der Waals surface area contributed by atoms with Gasteiger partial charge in [-0.05, 0) is 61.6 Å². The fraction of sp³-hybridized carbons (Fsp3) is 0.462. The van der Waals surface area contributed by atoms with E-state index in [1.165, 1.54) is 16.9 Å². The summed E-state index contributed by atoms with van der Waals surface area (Å²) in [6.45, 7) is 3.91. The molecule has 7 heteroatoms. The number of rotatable bonds is 9. The summed E-state index contributed by atoms with van der Waals surface area (Å²) in [7, 11) is 0. The number of nitrogens with one attached hydrogen (secondary N) is 1. The Morgan fingerprint density at radius 1 is 1.03 bits per heavy atom. The lowest BCUT2D eigenvalue weighted by Crippen LogP contribution is -2.51. The second kappa shape index (κ2) is 12.3. The minimum Gasteiger partial charge on any atom is -0.484 e. The van der Waals surface area contributed by atoms with E-state index in [0.717, 1.165) is 37.7 Å². The van der Waals surface area contributed by atoms with E-state index in [4.69, 9.17) is 27.9 Å². The molecule has 1 atom stereocenters. The summed E-state index contributed by atoms with van der Waals surface area (Å²) in [5.74, 6) is 0.198. The summed E-state index contributed by atoms with van der Waals surface area (Å²) in [6.07, 6.45) is 6.35. The van der Waals surface area contributed by atoms with Gasteiger partial charge in [0.25, 0.3) is 5.91 Å². The molecule has 1 aliphatic carbocycles. The van der Waals surface area contributed by atoms with Gasteiger partial charge in [0.2, 0.25) is 5.91 Å². The SMILES string of the molecule is CCc1ccc(OCC(=O)N(Cc2ccc(Cl)c(Cl)c2)C(C)C(=O)NC2CCCCC2)cc1. The lowest BCUT2D eigenvalue weighted by Gasteiger charge is -2.31. The minimum atomic E-state index is -0.653. The Morgan fingerprint density at radius 3 is 2.33 bits per heavy atom. The Balaban J connectivity index is 1.71. The topological polar surface area (TPSA) is 58.6 Å². The Hall–Kier alpha value is -2.24. The van der Waals surface area contributed by atoms with Gasteiger partial charge < -0.3 is 15.0 Å². The number of carbonyl (C=O) groups is 2. The van der Waals surface area contributed by atoms with E-state index in [1.807, 2.05) is 30.3 Å². The molecule has 1 fully saturated rings. The molecule has 2 aromatic carbocycles. The largest absolute Gasteiger partial charge is 0.484 e. The number of benzene rings is 2. The summed E-state index contributed by atoms with van der Waals surface area (Å²) in [4.78, 5) is 27.8. The van der Waals surface area contributed by atoms with Crippen LogP contribution in [0.15, 0.2) is 42.5 Å². The van der Waals surface area contributed by atoms with Crippen LogP contribution in [0.3, 0.4) is 0 Å². The van der Waals surface area contributed by atoms with E-state index in [-0.39, 0.29) is 31.0 Å². The molecule has 2 aromatic rings. The molecule has 3 rings (SSSR count). The number of nitrogens with zero attached hydrogens (tertiary/aromatic N) is 1. The summed E-state index contributed by atoms with van der Waals surface area (Å²) in [6, 6.07) is 12.4. The summed E-state index contributed by atoms with van der Waals surface area (Å²) < 4.78 is 5.74. The molecule has 0 radical (unpaired) electrons. The average Bonchev–Trinajstić information content (AvgIpc) is 2.83. The van der Waals surface area contributed by atoms with E-state index in [2.05, 4.69) is 12.2 Å². The average molecular weight is 491 g/mol. The highest BCUT2D eigenvalue weighted by Crippen LogP contribution is 2.24. The van der Waals surface area contributed by atoms with Crippen molar-refractivity contribution < 1.29 is 14.3 Å². The Bertz CT molecular complexity index is 943. The Labute approximate surface area is 206 Å². The zero-order valence-corrected chi connectivity index (χ0v) is 20.8. The van der Waals surface area contributed by atoms with Crippen LogP contribution < -0.4 is 10.1 Å². The molecule has 0 saturated heterocycles. The molecular weight excluding hydrogens is 459 g/mol. The van der Waals surface area contributed by atoms with E-state index in [9.17, 15) is 9.59 Å². The maximum Gasteiger partial charge on any atom is 0.261 e. The number of amides is 2. The van der Waals surface area contributed by atoms with Crippen LogP contribution in [-0.2, 0) is 22.6 Å². The van der Waals surface area contributed by atoms with Crippen LogP contribution in [0, 0.1) is 0 Å². The van der Waals surface area contributed by atoms with Gasteiger partial charge in [-0.15, -0.1) is 0 Å². The van der Waals surface area contributed by atoms with Crippen molar-refractivity contribution in [1.29, 1.82) is 0 Å². The minimum absolute atomic E-state index is 0.150. The van der Waals surface area contributed by atoms with Crippen molar-refractivity contribution in [3.63, 3.8) is 0 Å². The van der Waals surface area contributed by atoms with Crippen molar-refractivity contribution in [3.8, 4) is 5.75 Å². The molecule has 0 spiro atoms. The molecule has 0 heterocycles. The molecule has 1 aliphatic rings. The normalized spacial score (nSPS) is 15.0. The van der Waals surface area contributed by atoms with Crippen molar-refractivity contribution in [3.05, 3.63) is 63.6 Å². The van der Waals surface area contributed by atoms with Crippen molar-refractivity contribution in [1.82, 2.24) is 10.2 Å². The first-order chi connectivity index (χ1) is 15.9. The zero-order valence-electron chi connectivity index (χ0n) is 19.3. The quantitative estimate of drug-likeness (QED) is 0.482. The first-order valence-corrected chi connectivity index (χ1v) is 12.4. The third-order valence-corrected chi connectivity index (χ3v) is 6.89. The molecule has 2 amide bonds. The number of ether oxygens (including phenoxy) is 1. The fourth-order valence-electron chi connectivity index (χ4n) is 4.04. The van der Waals surface area contributed by atoms with Crippen molar-refractivity contribution in [2.75, 3.05) is 6.61 Å². The highest BCUT2D eigenvalue weighted by atomic mass is 35.5. The Morgan fingerprint density at radius 2 is 1.70 bits per heavy atom. The van der Waals surface area contributed by atoms with Crippen molar-refractivity contribution in [2.45, 2.75) is 71.0 Å². The molecule has 0 aromatic heterocycles. The van der Waals surface area contributed by atoms with Crippen LogP contribution in [0.4, 0.5) is 0 Å². The third kappa shape index (κ3) is 7.38. The van der Waals surface area contributed by atoms with Crippen LogP contribution in [0.2, 0.25) is 10.0 Å². The van der Waals surface area contributed by atoms with Gasteiger partial charge in [-0.3, -0.25) is 9.59 Å². The summed E-state index contributed by atoms with van der Waals surface area (Å²) in [5, 5.41) is 3.98. The lowest BCUT2D eigenvalue weighted by molar-refractivity contribution is -0.142. The van der Waals surface area contributed by atoms with Gasteiger partial charge in [0, 0.05) is 12.6 Å². The second-order valence-electron chi connectivity index (χ2n) is 8.58. The Kier molecular flexibility index (Phi) is 9.45. The first kappa shape index (κ1) is 25.4. The molecule has 0 bridgehead atoms. The number of aryl methyl sites for hydroxylation is 1. The van der Waals surface area contributed by atoms with Crippen LogP contribution in [0.5, 0.6) is 5.75 Å². The van der Waals surface area contributed by atoms with Gasteiger partial charge in [0.1, 0.15) is 11.8 Å². The molecule has 33 heavy (non-hydrogen) atoms. The zero-order chi connectivity index (χ0) is 23.8. The van der Waals surface area contributed by atoms with Gasteiger partial charge in [-0.25, -0.2) is 0 Å². The van der Waals surface area contributed by atoms with E-state index >= 15 is 0 Å². The number of hydrogen-bond acceptors (Lipinski definition) is 3. The molecule has 1 unspecified atom stereocenters. The van der Waals surface area contributed by atoms with Crippen LogP contribution in [0.25, 0.3) is 0 Å². The maximum absolute atomic E-state index is 13.2. The van der Waals surface area contributed by atoms with Gasteiger partial charge in [-0.1, -0.05) is 67.6 Å². The van der Waals surface area contributed by atoms with Crippen LogP contribution >= 0.6 is 23.2 Å². The number of hydrogen-bond donors (Lipinski definition) is 1. The van der Waals surface area contributed by atoms with E-state index < -0.39 is 6.04 Å². The first-order valence-electron chi connectivity index (χ1n) is 11.6. The summed E-state index contributed by atoms with van der Waals surface area (Å²) in [5.41, 5.74) is 1.99. The summed E-state index contributed by atoms with van der Waals surface area (Å²) >= 11 is 12.2. The number of halogens is 2. The smallest absolute Gasteiger partial charge is 0.261 e. The maximum atomic E-state index is 13.2. The molecule has 1 saturated carbocycles. The highest BCUT2D eigenvalue weighted by molar-refractivity contribution is 6.42.